The molecule has 3 fully saturated rings. The third-order valence-corrected chi connectivity index (χ3v) is 6.85. The topological polar surface area (TPSA) is 71.5 Å². The molecule has 0 saturated carbocycles. The molecule has 7 heteroatoms. The molecule has 3 saturated heterocycles. The summed E-state index contributed by atoms with van der Waals surface area (Å²) in [6.07, 6.45) is 2.66. The summed E-state index contributed by atoms with van der Waals surface area (Å²) in [6, 6.07) is 8.16. The molecule has 1 aromatic rings. The first-order valence-electron chi connectivity index (χ1n) is 11.2. The molecule has 0 bridgehead atoms. The molecule has 30 heavy (non-hydrogen) atoms. The molecule has 3 heterocycles. The molecule has 0 aliphatic carbocycles. The number of aliphatic carboxylic acids is 1. The second-order valence-electron chi connectivity index (χ2n) is 8.80. The van der Waals surface area contributed by atoms with Crippen molar-refractivity contribution in [3.05, 3.63) is 29.8 Å². The number of carboxylic acids is 1. The van der Waals surface area contributed by atoms with E-state index in [1.807, 2.05) is 18.2 Å². The summed E-state index contributed by atoms with van der Waals surface area (Å²) in [5.74, 6) is -0.0747. The number of nitrogens with zero attached hydrogens (tertiary/aromatic N) is 2. The molecule has 1 N–H and O–H groups in total. The Hall–Kier alpha value is -1.67. The van der Waals surface area contributed by atoms with Gasteiger partial charge >= 0.3 is 5.97 Å². The number of rotatable bonds is 8. The minimum atomic E-state index is -0.674. The first-order chi connectivity index (χ1) is 14.7. The lowest BCUT2D eigenvalue weighted by molar-refractivity contribution is -0.147. The van der Waals surface area contributed by atoms with Crippen LogP contribution in [0.5, 0.6) is 5.75 Å². The van der Waals surface area contributed by atoms with E-state index >= 15 is 0 Å². The number of ether oxygens (including phenoxy) is 3. The number of para-hydroxylation sites is 1. The largest absolute Gasteiger partial charge is 0.493 e. The van der Waals surface area contributed by atoms with E-state index in [4.69, 9.17) is 14.2 Å². The van der Waals surface area contributed by atoms with Crippen molar-refractivity contribution >= 4 is 5.97 Å². The van der Waals surface area contributed by atoms with Crippen LogP contribution < -0.4 is 4.74 Å². The van der Waals surface area contributed by atoms with E-state index in [0.29, 0.717) is 26.4 Å². The number of benzene rings is 1. The second-order valence-corrected chi connectivity index (χ2v) is 8.80. The highest BCUT2D eigenvalue weighted by molar-refractivity contribution is 5.72. The van der Waals surface area contributed by atoms with Gasteiger partial charge in [-0.05, 0) is 25.3 Å². The van der Waals surface area contributed by atoms with Gasteiger partial charge < -0.3 is 19.3 Å². The predicted octanol–water partition coefficient (Wildman–Crippen LogP) is 2.10. The van der Waals surface area contributed by atoms with Crippen molar-refractivity contribution in [1.29, 1.82) is 0 Å². The Kier molecular flexibility index (Phi) is 7.25. The van der Waals surface area contributed by atoms with Gasteiger partial charge in [-0.25, -0.2) is 0 Å². The van der Waals surface area contributed by atoms with Crippen molar-refractivity contribution in [2.75, 3.05) is 65.8 Å². The van der Waals surface area contributed by atoms with Gasteiger partial charge in [0.25, 0.3) is 0 Å². The summed E-state index contributed by atoms with van der Waals surface area (Å²) in [5, 5.41) is 9.82. The number of carboxylic acid groups (broad SMARTS) is 1. The van der Waals surface area contributed by atoms with E-state index in [0.717, 1.165) is 76.5 Å². The molecule has 3 aliphatic heterocycles. The number of carbonyl (C=O) groups is 1. The zero-order chi connectivity index (χ0) is 20.8. The van der Waals surface area contributed by atoms with Gasteiger partial charge in [-0.3, -0.25) is 14.6 Å². The third kappa shape index (κ3) is 5.14. The fourth-order valence-corrected chi connectivity index (χ4v) is 5.13. The molecule has 7 nitrogen and oxygen atoms in total. The molecule has 0 amide bonds. The summed E-state index contributed by atoms with van der Waals surface area (Å²) >= 11 is 0. The van der Waals surface area contributed by atoms with Crippen LogP contribution in [0.25, 0.3) is 0 Å². The van der Waals surface area contributed by atoms with E-state index in [-0.39, 0.29) is 11.3 Å². The molecule has 1 unspecified atom stereocenters. The SMILES string of the molecule is O=C(O)C1CN(Cc2ccccc2OCCCN2CCOCC2)CC12CCOCC2. The third-order valence-electron chi connectivity index (χ3n) is 6.85. The lowest BCUT2D eigenvalue weighted by Gasteiger charge is -2.36. The van der Waals surface area contributed by atoms with E-state index in [9.17, 15) is 9.90 Å². The summed E-state index contributed by atoms with van der Waals surface area (Å²) in [4.78, 5) is 16.7. The van der Waals surface area contributed by atoms with E-state index < -0.39 is 5.97 Å². The highest BCUT2D eigenvalue weighted by atomic mass is 16.5. The Morgan fingerprint density at radius 1 is 1.10 bits per heavy atom. The van der Waals surface area contributed by atoms with Gasteiger partial charge in [-0.2, -0.15) is 0 Å². The first-order valence-corrected chi connectivity index (χ1v) is 11.2. The van der Waals surface area contributed by atoms with Crippen molar-refractivity contribution < 1.29 is 24.1 Å². The van der Waals surface area contributed by atoms with Crippen molar-refractivity contribution in [2.45, 2.75) is 25.8 Å². The lowest BCUT2D eigenvalue weighted by Crippen LogP contribution is -2.40. The maximum atomic E-state index is 11.9. The lowest BCUT2D eigenvalue weighted by atomic mass is 9.72. The van der Waals surface area contributed by atoms with Crippen LogP contribution in [0.2, 0.25) is 0 Å². The zero-order valence-electron chi connectivity index (χ0n) is 17.8. The number of hydrogen-bond donors (Lipinski definition) is 1. The molecular weight excluding hydrogens is 384 g/mol. The normalized spacial score (nSPS) is 24.9. The first kappa shape index (κ1) is 21.6. The molecule has 1 atom stereocenters. The van der Waals surface area contributed by atoms with E-state index in [1.165, 1.54) is 0 Å². The second kappa shape index (κ2) is 10.1. The Morgan fingerprint density at radius 3 is 2.60 bits per heavy atom. The van der Waals surface area contributed by atoms with Gasteiger partial charge in [0, 0.05) is 63.5 Å². The van der Waals surface area contributed by atoms with E-state index in [1.54, 1.807) is 0 Å². The maximum absolute atomic E-state index is 11.9. The average molecular weight is 419 g/mol. The summed E-state index contributed by atoms with van der Waals surface area (Å²) in [6.45, 7) is 8.85. The predicted molar refractivity (Wildman–Crippen MR) is 113 cm³/mol. The van der Waals surface area contributed by atoms with Crippen molar-refractivity contribution in [1.82, 2.24) is 9.80 Å². The number of hydrogen-bond acceptors (Lipinski definition) is 6. The van der Waals surface area contributed by atoms with Crippen LogP contribution in [-0.2, 0) is 20.8 Å². The fraction of sp³-hybridized carbons (Fsp3) is 0.696. The van der Waals surface area contributed by atoms with Gasteiger partial charge in [-0.1, -0.05) is 18.2 Å². The zero-order valence-corrected chi connectivity index (χ0v) is 17.8. The molecule has 3 aliphatic rings. The smallest absolute Gasteiger partial charge is 0.308 e. The van der Waals surface area contributed by atoms with Gasteiger partial charge in [0.1, 0.15) is 5.75 Å². The molecule has 1 spiro atoms. The average Bonchev–Trinajstić information content (AvgIpc) is 3.11. The minimum Gasteiger partial charge on any atom is -0.493 e. The standard InChI is InChI=1S/C23H34N2O5/c26-22(27)20-17-25(18-23(20)6-12-28-13-7-23)16-19-4-1-2-5-21(19)30-11-3-8-24-9-14-29-15-10-24/h1-2,4-5,20H,3,6-18H2,(H,26,27). The molecule has 4 rings (SSSR count). The Labute approximate surface area is 178 Å². The Bertz CT molecular complexity index is 701. The highest BCUT2D eigenvalue weighted by Crippen LogP contribution is 2.45. The Morgan fingerprint density at radius 2 is 1.83 bits per heavy atom. The van der Waals surface area contributed by atoms with Crippen molar-refractivity contribution in [2.24, 2.45) is 11.3 Å². The van der Waals surface area contributed by atoms with Crippen LogP contribution in [0, 0.1) is 11.3 Å². The number of likely N-dealkylation sites (tertiary alicyclic amines) is 1. The highest BCUT2D eigenvalue weighted by Gasteiger charge is 2.50. The summed E-state index contributed by atoms with van der Waals surface area (Å²) < 4.78 is 17.0. The van der Waals surface area contributed by atoms with Crippen molar-refractivity contribution in [3.8, 4) is 5.75 Å². The number of morpholine rings is 1. The van der Waals surface area contributed by atoms with Crippen LogP contribution >= 0.6 is 0 Å². The van der Waals surface area contributed by atoms with Gasteiger partial charge in [0.2, 0.25) is 0 Å². The van der Waals surface area contributed by atoms with Crippen LogP contribution in [0.4, 0.5) is 0 Å². The molecule has 1 aromatic carbocycles. The molecule has 0 radical (unpaired) electrons. The van der Waals surface area contributed by atoms with Crippen molar-refractivity contribution in [3.63, 3.8) is 0 Å². The minimum absolute atomic E-state index is 0.155. The van der Waals surface area contributed by atoms with Gasteiger partial charge in [0.05, 0.1) is 25.7 Å². The molecular formula is C23H34N2O5. The van der Waals surface area contributed by atoms with Crippen LogP contribution in [0.1, 0.15) is 24.8 Å². The quantitative estimate of drug-likeness (QED) is 0.648. The Balaban J connectivity index is 1.32. The maximum Gasteiger partial charge on any atom is 0.308 e. The molecule has 166 valence electrons. The van der Waals surface area contributed by atoms with Crippen LogP contribution in [0.3, 0.4) is 0 Å². The molecule has 0 aromatic heterocycles. The van der Waals surface area contributed by atoms with Gasteiger partial charge in [-0.15, -0.1) is 0 Å². The summed E-state index contributed by atoms with van der Waals surface area (Å²) in [5.41, 5.74) is 0.982. The fourth-order valence-electron chi connectivity index (χ4n) is 5.13. The summed E-state index contributed by atoms with van der Waals surface area (Å²) in [7, 11) is 0. The monoisotopic (exact) mass is 418 g/mol. The van der Waals surface area contributed by atoms with E-state index in [2.05, 4.69) is 15.9 Å². The van der Waals surface area contributed by atoms with Crippen LogP contribution in [-0.4, -0.2) is 86.6 Å². The van der Waals surface area contributed by atoms with Gasteiger partial charge in [0.15, 0.2) is 0 Å². The van der Waals surface area contributed by atoms with Crippen LogP contribution in [0.15, 0.2) is 24.3 Å².